The number of likely N-dealkylation sites (N-methyl/N-ethyl adjacent to an activating group) is 1. The molecular weight excluding hydrogens is 302 g/mol. The smallest absolute Gasteiger partial charge is 0.115 e. The minimum atomic E-state index is 0. The first kappa shape index (κ1) is 14.9. The molecule has 1 fully saturated rings. The quantitative estimate of drug-likeness (QED) is 0.789. The van der Waals surface area contributed by atoms with Gasteiger partial charge in [-0.1, -0.05) is 19.9 Å². The Kier molecular flexibility index (Phi) is 3.99. The van der Waals surface area contributed by atoms with Crippen molar-refractivity contribution in [3.8, 4) is 5.75 Å². The van der Waals surface area contributed by atoms with Crippen LogP contribution in [-0.4, -0.2) is 29.6 Å². The van der Waals surface area contributed by atoms with Crippen molar-refractivity contribution in [2.75, 3.05) is 13.6 Å². The number of phenolic OH excluding ortho intramolecular Hbond substituents is 1. The minimum absolute atomic E-state index is 0. The highest BCUT2D eigenvalue weighted by atomic mass is 79.9. The molecule has 1 heterocycles. The lowest BCUT2D eigenvalue weighted by atomic mass is 9.61. The molecule has 106 valence electrons. The number of halogens is 1. The van der Waals surface area contributed by atoms with Crippen molar-refractivity contribution in [2.24, 2.45) is 5.92 Å². The fourth-order valence-electron chi connectivity index (χ4n) is 4.11. The van der Waals surface area contributed by atoms with Crippen LogP contribution in [0.4, 0.5) is 0 Å². The predicted molar refractivity (Wildman–Crippen MR) is 84.3 cm³/mol. The fourth-order valence-corrected chi connectivity index (χ4v) is 4.11. The molecule has 19 heavy (non-hydrogen) atoms. The number of fused-ring (bicyclic) bond motifs is 4. The lowest BCUT2D eigenvalue weighted by Crippen LogP contribution is -2.48. The van der Waals surface area contributed by atoms with Gasteiger partial charge in [-0.2, -0.15) is 0 Å². The molecule has 1 saturated heterocycles. The van der Waals surface area contributed by atoms with Crippen LogP contribution in [0.1, 0.15) is 37.8 Å². The second kappa shape index (κ2) is 5.10. The van der Waals surface area contributed by atoms with Crippen LogP contribution >= 0.6 is 17.0 Å². The Balaban J connectivity index is 0.00000133. The van der Waals surface area contributed by atoms with Crippen LogP contribution in [0.15, 0.2) is 18.2 Å². The fraction of sp³-hybridized carbons (Fsp3) is 0.625. The Bertz CT molecular complexity index is 476. The molecule has 0 unspecified atom stereocenters. The van der Waals surface area contributed by atoms with Crippen LogP contribution in [0.2, 0.25) is 0 Å². The van der Waals surface area contributed by atoms with E-state index in [9.17, 15) is 5.11 Å². The van der Waals surface area contributed by atoms with Gasteiger partial charge in [0.2, 0.25) is 0 Å². The van der Waals surface area contributed by atoms with Gasteiger partial charge < -0.3 is 10.0 Å². The van der Waals surface area contributed by atoms with E-state index in [4.69, 9.17) is 0 Å². The molecule has 1 N–H and O–H groups in total. The number of benzene rings is 1. The number of likely N-dealkylation sites (tertiary alicyclic amines) is 1. The molecule has 2 aliphatic rings. The van der Waals surface area contributed by atoms with E-state index in [1.807, 2.05) is 12.1 Å². The normalized spacial score (nSPS) is 34.1. The van der Waals surface area contributed by atoms with Crippen LogP contribution in [0, 0.1) is 5.92 Å². The van der Waals surface area contributed by atoms with Gasteiger partial charge in [-0.15, -0.1) is 17.0 Å². The van der Waals surface area contributed by atoms with Crippen LogP contribution in [0.3, 0.4) is 0 Å². The Hall–Kier alpha value is -0.540. The molecule has 0 saturated carbocycles. The summed E-state index contributed by atoms with van der Waals surface area (Å²) in [6.07, 6.45) is 3.61. The molecule has 2 nitrogen and oxygen atoms in total. The molecule has 2 bridgehead atoms. The monoisotopic (exact) mass is 325 g/mol. The molecule has 3 rings (SSSR count). The Morgan fingerprint density at radius 1 is 1.37 bits per heavy atom. The molecule has 0 radical (unpaired) electrons. The third kappa shape index (κ3) is 2.21. The summed E-state index contributed by atoms with van der Waals surface area (Å²) in [6, 6.07) is 6.62. The Labute approximate surface area is 126 Å². The minimum Gasteiger partial charge on any atom is -0.508 e. The highest BCUT2D eigenvalue weighted by Crippen LogP contribution is 2.48. The summed E-state index contributed by atoms with van der Waals surface area (Å²) in [4.78, 5) is 2.53. The van der Waals surface area contributed by atoms with Crippen molar-refractivity contribution in [2.45, 2.75) is 44.6 Å². The maximum Gasteiger partial charge on any atom is 0.115 e. The number of nitrogens with zero attached hydrogens (tertiary/aromatic N) is 1. The van der Waals surface area contributed by atoms with E-state index in [-0.39, 0.29) is 22.4 Å². The zero-order valence-electron chi connectivity index (χ0n) is 12.0. The topological polar surface area (TPSA) is 23.5 Å². The van der Waals surface area contributed by atoms with Gasteiger partial charge in [0, 0.05) is 6.04 Å². The molecule has 0 amide bonds. The van der Waals surface area contributed by atoms with Crippen LogP contribution < -0.4 is 0 Å². The maximum absolute atomic E-state index is 9.80. The van der Waals surface area contributed by atoms with E-state index >= 15 is 0 Å². The first-order valence-electron chi connectivity index (χ1n) is 7.05. The molecule has 1 aliphatic carbocycles. The van der Waals surface area contributed by atoms with Gasteiger partial charge >= 0.3 is 0 Å². The van der Waals surface area contributed by atoms with E-state index in [1.54, 1.807) is 0 Å². The number of aromatic hydroxyl groups is 1. The average Bonchev–Trinajstić information content (AvgIpc) is 2.41. The molecular formula is C16H24BrNO. The van der Waals surface area contributed by atoms with Crippen LogP contribution in [0.5, 0.6) is 5.75 Å². The largest absolute Gasteiger partial charge is 0.508 e. The van der Waals surface area contributed by atoms with E-state index in [2.05, 4.69) is 31.9 Å². The average molecular weight is 326 g/mol. The highest BCUT2D eigenvalue weighted by molar-refractivity contribution is 8.93. The first-order valence-corrected chi connectivity index (χ1v) is 7.05. The SMILES string of the molecule is Br.C[C@H]1[C@@H]2Cc3ccc(O)cc3[C@@]1(C)CCCN2C. The summed E-state index contributed by atoms with van der Waals surface area (Å²) in [5.74, 6) is 1.07. The molecule has 0 aromatic heterocycles. The van der Waals surface area contributed by atoms with Crippen molar-refractivity contribution < 1.29 is 5.11 Å². The maximum atomic E-state index is 9.80. The number of phenols is 1. The first-order chi connectivity index (χ1) is 8.52. The lowest BCUT2D eigenvalue weighted by molar-refractivity contribution is 0.143. The highest BCUT2D eigenvalue weighted by Gasteiger charge is 2.45. The van der Waals surface area contributed by atoms with Gasteiger partial charge in [0.05, 0.1) is 0 Å². The Morgan fingerprint density at radius 3 is 2.84 bits per heavy atom. The van der Waals surface area contributed by atoms with Gasteiger partial charge in [-0.3, -0.25) is 0 Å². The van der Waals surface area contributed by atoms with Crippen LogP contribution in [-0.2, 0) is 11.8 Å². The van der Waals surface area contributed by atoms with Gasteiger partial charge in [0.25, 0.3) is 0 Å². The zero-order chi connectivity index (χ0) is 12.9. The van der Waals surface area contributed by atoms with E-state index in [0.29, 0.717) is 17.7 Å². The van der Waals surface area contributed by atoms with Crippen LogP contribution in [0.25, 0.3) is 0 Å². The molecule has 1 aliphatic heterocycles. The van der Waals surface area contributed by atoms with Gasteiger partial charge in [-0.25, -0.2) is 0 Å². The van der Waals surface area contributed by atoms with Crippen molar-refractivity contribution in [1.82, 2.24) is 4.90 Å². The number of hydrogen-bond acceptors (Lipinski definition) is 2. The summed E-state index contributed by atoms with van der Waals surface area (Å²) in [5.41, 5.74) is 3.05. The number of rotatable bonds is 0. The molecule has 1 aromatic rings. The van der Waals surface area contributed by atoms with Gasteiger partial charge in [0.15, 0.2) is 0 Å². The standard InChI is InChI=1S/C16H23NO.BrH/c1-11-15-9-12-5-6-13(18)10-14(12)16(11,2)7-4-8-17(15)3;/h5-6,10-11,15,18H,4,7-9H2,1-3H3;1H/t11-,15-,16-;/m0./s1. The molecule has 1 aromatic carbocycles. The van der Waals surface area contributed by atoms with E-state index in [1.165, 1.54) is 30.5 Å². The molecule has 3 heteroatoms. The third-order valence-electron chi connectivity index (χ3n) is 5.49. The second-order valence-electron chi connectivity index (χ2n) is 6.40. The number of hydrogen-bond donors (Lipinski definition) is 1. The van der Waals surface area contributed by atoms with Crippen molar-refractivity contribution in [1.29, 1.82) is 0 Å². The predicted octanol–water partition coefficient (Wildman–Crippen LogP) is 3.51. The van der Waals surface area contributed by atoms with Gasteiger partial charge in [0.1, 0.15) is 5.75 Å². The van der Waals surface area contributed by atoms with Crippen molar-refractivity contribution in [3.63, 3.8) is 0 Å². The third-order valence-corrected chi connectivity index (χ3v) is 5.49. The van der Waals surface area contributed by atoms with E-state index in [0.717, 1.165) is 6.42 Å². The molecule has 0 spiro atoms. The van der Waals surface area contributed by atoms with E-state index < -0.39 is 0 Å². The lowest BCUT2D eigenvalue weighted by Gasteiger charge is -2.46. The second-order valence-corrected chi connectivity index (χ2v) is 6.40. The van der Waals surface area contributed by atoms with Crippen molar-refractivity contribution >= 4 is 17.0 Å². The zero-order valence-corrected chi connectivity index (χ0v) is 13.7. The summed E-state index contributed by atoms with van der Waals surface area (Å²) < 4.78 is 0. The summed E-state index contributed by atoms with van der Waals surface area (Å²) >= 11 is 0. The van der Waals surface area contributed by atoms with Crippen molar-refractivity contribution in [3.05, 3.63) is 29.3 Å². The Morgan fingerprint density at radius 2 is 2.11 bits per heavy atom. The summed E-state index contributed by atoms with van der Waals surface area (Å²) in [6.45, 7) is 5.98. The summed E-state index contributed by atoms with van der Waals surface area (Å²) in [5, 5.41) is 9.80. The van der Waals surface area contributed by atoms with Gasteiger partial charge in [-0.05, 0) is 67.4 Å². The molecule has 3 atom stereocenters. The summed E-state index contributed by atoms with van der Waals surface area (Å²) in [7, 11) is 2.26.